The van der Waals surface area contributed by atoms with Gasteiger partial charge in [0, 0.05) is 30.5 Å². The van der Waals surface area contributed by atoms with Crippen LogP contribution in [-0.2, 0) is 15.9 Å². The van der Waals surface area contributed by atoms with Gasteiger partial charge in [0.05, 0.1) is 0 Å². The highest BCUT2D eigenvalue weighted by Gasteiger charge is 2.28. The molecular formula is C11H13ClFNO2S2. The van der Waals surface area contributed by atoms with Crippen molar-refractivity contribution in [2.45, 2.75) is 10.8 Å². The smallest absolute Gasteiger partial charge is 0.207 e. The molecule has 0 radical (unpaired) electrons. The molecule has 1 aliphatic heterocycles. The average molecular weight is 310 g/mol. The predicted octanol–water partition coefficient (Wildman–Crippen LogP) is 2.30. The predicted molar refractivity (Wildman–Crippen MR) is 72.0 cm³/mol. The minimum Gasteiger partial charge on any atom is -0.207 e. The highest BCUT2D eigenvalue weighted by molar-refractivity contribution is 7.99. The van der Waals surface area contributed by atoms with Gasteiger partial charge in [0.2, 0.25) is 10.0 Å². The summed E-state index contributed by atoms with van der Waals surface area (Å²) in [6, 6.07) is 3.97. The zero-order chi connectivity index (χ0) is 13.2. The van der Waals surface area contributed by atoms with Crippen molar-refractivity contribution in [1.29, 1.82) is 0 Å². The Kier molecular flexibility index (Phi) is 4.53. The lowest BCUT2D eigenvalue weighted by molar-refractivity contribution is 0.438. The molecule has 1 aromatic carbocycles. The van der Waals surface area contributed by atoms with Crippen molar-refractivity contribution in [1.82, 2.24) is 4.31 Å². The summed E-state index contributed by atoms with van der Waals surface area (Å²) in [6.45, 7) is 0.856. The first kappa shape index (κ1) is 14.1. The lowest BCUT2D eigenvalue weighted by Crippen LogP contribution is -2.38. The van der Waals surface area contributed by atoms with E-state index >= 15 is 0 Å². The summed E-state index contributed by atoms with van der Waals surface area (Å²) in [5, 5.41) is 0. The fourth-order valence-corrected chi connectivity index (χ4v) is 4.61. The van der Waals surface area contributed by atoms with E-state index in [0.717, 1.165) is 17.6 Å². The number of benzene rings is 1. The van der Waals surface area contributed by atoms with Crippen molar-refractivity contribution in [3.63, 3.8) is 0 Å². The van der Waals surface area contributed by atoms with Crippen LogP contribution in [0.5, 0.6) is 0 Å². The van der Waals surface area contributed by atoms with E-state index in [0.29, 0.717) is 18.7 Å². The van der Waals surface area contributed by atoms with Crippen molar-refractivity contribution in [3.05, 3.63) is 29.6 Å². The zero-order valence-corrected chi connectivity index (χ0v) is 12.0. The van der Waals surface area contributed by atoms with Crippen LogP contribution in [0, 0.1) is 5.82 Å². The topological polar surface area (TPSA) is 37.4 Å². The van der Waals surface area contributed by atoms with Gasteiger partial charge in [-0.1, -0.05) is 6.07 Å². The van der Waals surface area contributed by atoms with Gasteiger partial charge in [-0.05, 0) is 17.7 Å². The molecule has 0 saturated carbocycles. The molecule has 0 aliphatic carbocycles. The second-order valence-corrected chi connectivity index (χ2v) is 7.31. The van der Waals surface area contributed by atoms with Crippen LogP contribution >= 0.6 is 23.4 Å². The second kappa shape index (κ2) is 5.77. The monoisotopic (exact) mass is 309 g/mol. The summed E-state index contributed by atoms with van der Waals surface area (Å²) in [4.78, 5) is -0.271. The Morgan fingerprint density at radius 3 is 2.61 bits per heavy atom. The maximum absolute atomic E-state index is 13.7. The summed E-state index contributed by atoms with van der Waals surface area (Å²) in [6.07, 6.45) is 0. The summed E-state index contributed by atoms with van der Waals surface area (Å²) >= 11 is 7.35. The van der Waals surface area contributed by atoms with Crippen LogP contribution in [0.15, 0.2) is 23.1 Å². The number of nitrogens with zero attached hydrogens (tertiary/aromatic N) is 1. The normalized spacial score (nSPS) is 17.9. The van der Waals surface area contributed by atoms with Gasteiger partial charge in [-0.2, -0.15) is 16.1 Å². The van der Waals surface area contributed by atoms with E-state index in [4.69, 9.17) is 11.6 Å². The van der Waals surface area contributed by atoms with Gasteiger partial charge in [0.1, 0.15) is 10.7 Å². The molecule has 0 unspecified atom stereocenters. The maximum Gasteiger partial charge on any atom is 0.246 e. The van der Waals surface area contributed by atoms with E-state index in [2.05, 4.69) is 0 Å². The summed E-state index contributed by atoms with van der Waals surface area (Å²) < 4.78 is 39.7. The van der Waals surface area contributed by atoms with Crippen molar-refractivity contribution in [2.75, 3.05) is 24.6 Å². The number of thioether (sulfide) groups is 1. The van der Waals surface area contributed by atoms with Crippen LogP contribution in [0.3, 0.4) is 0 Å². The molecule has 0 spiro atoms. The van der Waals surface area contributed by atoms with Gasteiger partial charge in [-0.25, -0.2) is 12.8 Å². The molecule has 1 aliphatic rings. The fraction of sp³-hybridized carbons (Fsp3) is 0.455. The third-order valence-corrected chi connectivity index (χ3v) is 5.90. The van der Waals surface area contributed by atoms with E-state index in [1.54, 1.807) is 11.8 Å². The zero-order valence-electron chi connectivity index (χ0n) is 9.60. The van der Waals surface area contributed by atoms with Gasteiger partial charge in [-0.15, -0.1) is 11.6 Å². The van der Waals surface area contributed by atoms with Crippen LogP contribution in [-0.4, -0.2) is 37.3 Å². The van der Waals surface area contributed by atoms with Crippen LogP contribution in [0.4, 0.5) is 4.39 Å². The Bertz CT molecular complexity index is 530. The van der Waals surface area contributed by atoms with Crippen molar-refractivity contribution >= 4 is 33.4 Å². The van der Waals surface area contributed by atoms with E-state index < -0.39 is 15.8 Å². The first-order chi connectivity index (χ1) is 8.55. The molecule has 3 nitrogen and oxygen atoms in total. The molecule has 7 heteroatoms. The van der Waals surface area contributed by atoms with E-state index in [-0.39, 0.29) is 10.8 Å². The molecular weight excluding hydrogens is 297 g/mol. The number of sulfonamides is 1. The van der Waals surface area contributed by atoms with Gasteiger partial charge < -0.3 is 0 Å². The fourth-order valence-electron chi connectivity index (χ4n) is 1.75. The Labute approximate surface area is 115 Å². The molecule has 0 amide bonds. The summed E-state index contributed by atoms with van der Waals surface area (Å²) in [7, 11) is -3.74. The van der Waals surface area contributed by atoms with Crippen LogP contribution in [0.25, 0.3) is 0 Å². The number of hydrogen-bond acceptors (Lipinski definition) is 3. The Hall–Kier alpha value is -0.300. The van der Waals surface area contributed by atoms with Gasteiger partial charge in [0.15, 0.2) is 0 Å². The standard InChI is InChI=1S/C11H13ClFNO2S2/c12-8-9-1-2-10(13)11(7-9)18(15,16)14-3-5-17-6-4-14/h1-2,7H,3-6,8H2. The van der Waals surface area contributed by atoms with Crippen LogP contribution in [0.2, 0.25) is 0 Å². The Morgan fingerprint density at radius 1 is 1.33 bits per heavy atom. The molecule has 0 atom stereocenters. The van der Waals surface area contributed by atoms with Crippen LogP contribution in [0.1, 0.15) is 5.56 Å². The van der Waals surface area contributed by atoms with Gasteiger partial charge >= 0.3 is 0 Å². The molecule has 1 saturated heterocycles. The third-order valence-electron chi connectivity index (χ3n) is 2.74. The first-order valence-corrected chi connectivity index (χ1v) is 8.61. The SMILES string of the molecule is O=S(=O)(c1cc(CCl)ccc1F)N1CCSCC1. The molecule has 2 rings (SSSR count). The number of alkyl halides is 1. The molecule has 1 aromatic rings. The van der Waals surface area contributed by atoms with E-state index in [1.807, 2.05) is 0 Å². The van der Waals surface area contributed by atoms with E-state index in [9.17, 15) is 12.8 Å². The third kappa shape index (κ3) is 2.82. The lowest BCUT2D eigenvalue weighted by atomic mass is 10.2. The Balaban J connectivity index is 2.39. The van der Waals surface area contributed by atoms with Crippen molar-refractivity contribution in [2.24, 2.45) is 0 Å². The molecule has 0 aromatic heterocycles. The summed E-state index contributed by atoms with van der Waals surface area (Å²) in [5.74, 6) is 0.937. The highest BCUT2D eigenvalue weighted by atomic mass is 35.5. The highest BCUT2D eigenvalue weighted by Crippen LogP contribution is 2.24. The number of rotatable bonds is 3. The Morgan fingerprint density at radius 2 is 2.00 bits per heavy atom. The van der Waals surface area contributed by atoms with Crippen LogP contribution < -0.4 is 0 Å². The van der Waals surface area contributed by atoms with Crippen molar-refractivity contribution < 1.29 is 12.8 Å². The molecule has 1 fully saturated rings. The molecule has 18 heavy (non-hydrogen) atoms. The first-order valence-electron chi connectivity index (χ1n) is 5.48. The summed E-state index contributed by atoms with van der Waals surface area (Å²) in [5.41, 5.74) is 0.600. The minimum absolute atomic E-state index is 0.165. The molecule has 1 heterocycles. The molecule has 100 valence electrons. The average Bonchev–Trinajstić information content (AvgIpc) is 2.40. The largest absolute Gasteiger partial charge is 0.246 e. The van der Waals surface area contributed by atoms with Gasteiger partial charge in [-0.3, -0.25) is 0 Å². The van der Waals surface area contributed by atoms with E-state index in [1.165, 1.54) is 16.4 Å². The second-order valence-electron chi connectivity index (χ2n) is 3.91. The van der Waals surface area contributed by atoms with Crippen molar-refractivity contribution in [3.8, 4) is 0 Å². The number of hydrogen-bond donors (Lipinski definition) is 0. The minimum atomic E-state index is -3.74. The molecule has 0 bridgehead atoms. The molecule has 0 N–H and O–H groups in total. The van der Waals surface area contributed by atoms with Gasteiger partial charge in [0.25, 0.3) is 0 Å². The quantitative estimate of drug-likeness (QED) is 0.804. The maximum atomic E-state index is 13.7. The lowest BCUT2D eigenvalue weighted by Gasteiger charge is -2.25. The number of halogens is 2.